The molecule has 1 fully saturated rings. The molecule has 0 amide bonds. The maximum Gasteiger partial charge on any atom is 0.137 e. The van der Waals surface area contributed by atoms with E-state index in [1.54, 1.807) is 6.20 Å². The number of nitrogens with one attached hydrogen (secondary N) is 1. The van der Waals surface area contributed by atoms with Crippen LogP contribution in [0.15, 0.2) is 53.9 Å². The lowest BCUT2D eigenvalue weighted by atomic mass is 10.1. The molecule has 150 valence electrons. The van der Waals surface area contributed by atoms with Crippen LogP contribution >= 0.6 is 0 Å². The van der Waals surface area contributed by atoms with Crippen LogP contribution in [0.4, 0.5) is 5.82 Å². The molecule has 3 aromatic heterocycles. The molecule has 29 heavy (non-hydrogen) atoms. The van der Waals surface area contributed by atoms with E-state index in [0.717, 1.165) is 34.0 Å². The summed E-state index contributed by atoms with van der Waals surface area (Å²) in [4.78, 5) is 13.9. The number of nitrogens with two attached hydrogens (primary N) is 1. The normalized spacial score (nSPS) is 15.8. The minimum Gasteiger partial charge on any atom is -0.404 e. The molecule has 1 aliphatic rings. The van der Waals surface area contributed by atoms with E-state index in [-0.39, 0.29) is 6.04 Å². The standard InChI is InChI=1S/C23H28N6/c1-16(2)25-13-18(12-24)17-10-11-23-26-14-21(29(23)15-17)20-8-5-9-22(28-20)27-19-6-3-4-7-19/h5,8-16,19H,3-4,6-7,24H2,1-2H3,(H,27,28). The Bertz CT molecular complexity index is 1040. The number of rotatable bonds is 6. The zero-order chi connectivity index (χ0) is 20.2. The van der Waals surface area contributed by atoms with Gasteiger partial charge >= 0.3 is 0 Å². The summed E-state index contributed by atoms with van der Waals surface area (Å²) >= 11 is 0. The molecule has 6 heteroatoms. The van der Waals surface area contributed by atoms with E-state index in [1.807, 2.05) is 62.8 Å². The Morgan fingerprint density at radius 2 is 2.07 bits per heavy atom. The number of nitrogens with zero attached hydrogens (tertiary/aromatic N) is 4. The monoisotopic (exact) mass is 388 g/mol. The third-order valence-corrected chi connectivity index (χ3v) is 5.25. The molecule has 0 aromatic carbocycles. The van der Waals surface area contributed by atoms with Gasteiger partial charge in [-0.1, -0.05) is 18.9 Å². The van der Waals surface area contributed by atoms with Crippen molar-refractivity contribution in [1.29, 1.82) is 0 Å². The van der Waals surface area contributed by atoms with E-state index in [1.165, 1.54) is 25.7 Å². The molecular formula is C23H28N6. The highest BCUT2D eigenvalue weighted by Gasteiger charge is 2.16. The van der Waals surface area contributed by atoms with Crippen molar-refractivity contribution in [2.45, 2.75) is 51.6 Å². The molecule has 0 aliphatic heterocycles. The van der Waals surface area contributed by atoms with Gasteiger partial charge in [-0.15, -0.1) is 0 Å². The smallest absolute Gasteiger partial charge is 0.137 e. The van der Waals surface area contributed by atoms with Crippen molar-refractivity contribution < 1.29 is 0 Å². The molecule has 1 saturated carbocycles. The van der Waals surface area contributed by atoms with E-state index in [2.05, 4.69) is 19.7 Å². The minimum atomic E-state index is 0.219. The van der Waals surface area contributed by atoms with E-state index in [4.69, 9.17) is 10.7 Å². The van der Waals surface area contributed by atoms with Gasteiger partial charge in [0.2, 0.25) is 0 Å². The van der Waals surface area contributed by atoms with Crippen LogP contribution in [0, 0.1) is 0 Å². The van der Waals surface area contributed by atoms with Gasteiger partial charge in [-0.25, -0.2) is 9.97 Å². The quantitative estimate of drug-likeness (QED) is 0.608. The number of aromatic nitrogens is 3. The van der Waals surface area contributed by atoms with Crippen LogP contribution in [0.1, 0.15) is 45.1 Å². The number of imidazole rings is 1. The molecule has 3 heterocycles. The molecule has 3 N–H and O–H groups in total. The lowest BCUT2D eigenvalue weighted by molar-refractivity contribution is 0.751. The average molecular weight is 389 g/mol. The van der Waals surface area contributed by atoms with Gasteiger partial charge in [-0.2, -0.15) is 0 Å². The van der Waals surface area contributed by atoms with Gasteiger partial charge in [0.15, 0.2) is 0 Å². The second kappa shape index (κ2) is 8.47. The lowest BCUT2D eigenvalue weighted by Crippen LogP contribution is -2.15. The minimum absolute atomic E-state index is 0.219. The van der Waals surface area contributed by atoms with E-state index in [9.17, 15) is 0 Å². The first kappa shape index (κ1) is 19.2. The highest BCUT2D eigenvalue weighted by molar-refractivity contribution is 6.09. The van der Waals surface area contributed by atoms with Crippen LogP contribution in [0.25, 0.3) is 22.6 Å². The molecule has 3 aromatic rings. The SMILES string of the molecule is CC(C)N=CC(=CN)c1ccc2ncc(-c3cccc(NC4CCCC4)n3)n2c1. The number of fused-ring (bicyclic) bond motifs is 1. The Kier molecular flexibility index (Phi) is 5.60. The van der Waals surface area contributed by atoms with Crippen LogP contribution in [-0.2, 0) is 0 Å². The Labute approximate surface area is 171 Å². The van der Waals surface area contributed by atoms with Crippen LogP contribution in [-0.4, -0.2) is 32.7 Å². The first-order chi connectivity index (χ1) is 14.1. The molecule has 0 unspecified atom stereocenters. The molecule has 0 bridgehead atoms. The Balaban J connectivity index is 1.67. The molecule has 1 aliphatic carbocycles. The summed E-state index contributed by atoms with van der Waals surface area (Å²) in [5.41, 5.74) is 10.4. The van der Waals surface area contributed by atoms with Crippen molar-refractivity contribution in [3.8, 4) is 11.4 Å². The fraction of sp³-hybridized carbons (Fsp3) is 0.348. The second-order valence-electron chi connectivity index (χ2n) is 7.82. The van der Waals surface area contributed by atoms with Gasteiger partial charge in [0.05, 0.1) is 17.6 Å². The highest BCUT2D eigenvalue weighted by Crippen LogP contribution is 2.25. The number of pyridine rings is 2. The third-order valence-electron chi connectivity index (χ3n) is 5.25. The number of anilines is 1. The molecule has 0 saturated heterocycles. The zero-order valence-corrected chi connectivity index (χ0v) is 17.0. The summed E-state index contributed by atoms with van der Waals surface area (Å²) in [6.45, 7) is 4.08. The third kappa shape index (κ3) is 4.31. The van der Waals surface area contributed by atoms with Gasteiger partial charge in [-0.3, -0.25) is 9.39 Å². The first-order valence-corrected chi connectivity index (χ1v) is 10.3. The van der Waals surface area contributed by atoms with Crippen molar-refractivity contribution >= 4 is 23.3 Å². The Morgan fingerprint density at radius 3 is 2.83 bits per heavy atom. The van der Waals surface area contributed by atoms with Crippen molar-refractivity contribution in [2.24, 2.45) is 10.7 Å². The van der Waals surface area contributed by atoms with E-state index in [0.29, 0.717) is 6.04 Å². The van der Waals surface area contributed by atoms with Gasteiger partial charge in [0.25, 0.3) is 0 Å². The van der Waals surface area contributed by atoms with Crippen LogP contribution < -0.4 is 11.1 Å². The van der Waals surface area contributed by atoms with Crippen LogP contribution in [0.5, 0.6) is 0 Å². The number of hydrogen-bond acceptors (Lipinski definition) is 5. The molecule has 0 radical (unpaired) electrons. The topological polar surface area (TPSA) is 80.6 Å². The van der Waals surface area contributed by atoms with Gasteiger partial charge in [0, 0.05) is 41.8 Å². The summed E-state index contributed by atoms with van der Waals surface area (Å²) < 4.78 is 2.06. The lowest BCUT2D eigenvalue weighted by Gasteiger charge is -2.13. The molecule has 4 rings (SSSR count). The zero-order valence-electron chi connectivity index (χ0n) is 17.0. The maximum absolute atomic E-state index is 5.86. The fourth-order valence-electron chi connectivity index (χ4n) is 3.72. The average Bonchev–Trinajstić information content (AvgIpc) is 3.38. The molecule has 6 nitrogen and oxygen atoms in total. The Morgan fingerprint density at radius 1 is 1.24 bits per heavy atom. The second-order valence-corrected chi connectivity index (χ2v) is 7.82. The van der Waals surface area contributed by atoms with Gasteiger partial charge < -0.3 is 11.1 Å². The maximum atomic E-state index is 5.86. The van der Waals surface area contributed by atoms with E-state index >= 15 is 0 Å². The van der Waals surface area contributed by atoms with Crippen molar-refractivity contribution in [2.75, 3.05) is 5.32 Å². The van der Waals surface area contributed by atoms with Crippen molar-refractivity contribution in [3.63, 3.8) is 0 Å². The summed E-state index contributed by atoms with van der Waals surface area (Å²) in [6.07, 6.45) is 12.4. The predicted octanol–water partition coefficient (Wildman–Crippen LogP) is 4.53. The van der Waals surface area contributed by atoms with E-state index < -0.39 is 0 Å². The highest BCUT2D eigenvalue weighted by atomic mass is 15.1. The fourth-order valence-corrected chi connectivity index (χ4v) is 3.72. The molecular weight excluding hydrogens is 360 g/mol. The van der Waals surface area contributed by atoms with Crippen LogP contribution in [0.2, 0.25) is 0 Å². The summed E-state index contributed by atoms with van der Waals surface area (Å²) in [7, 11) is 0. The molecule has 0 atom stereocenters. The number of hydrogen-bond donors (Lipinski definition) is 2. The predicted molar refractivity (Wildman–Crippen MR) is 120 cm³/mol. The van der Waals surface area contributed by atoms with Crippen molar-refractivity contribution in [3.05, 3.63) is 54.5 Å². The van der Waals surface area contributed by atoms with Crippen molar-refractivity contribution in [1.82, 2.24) is 14.4 Å². The summed E-state index contributed by atoms with van der Waals surface area (Å²) in [6, 6.07) is 10.9. The van der Waals surface area contributed by atoms with Gasteiger partial charge in [-0.05, 0) is 51.0 Å². The summed E-state index contributed by atoms with van der Waals surface area (Å²) in [5.74, 6) is 0.923. The molecule has 0 spiro atoms. The largest absolute Gasteiger partial charge is 0.404 e. The Hall–Kier alpha value is -3.15. The number of allylic oxidation sites excluding steroid dienone is 1. The number of aliphatic imine (C=N–C) groups is 1. The first-order valence-electron chi connectivity index (χ1n) is 10.3. The summed E-state index contributed by atoms with van der Waals surface area (Å²) in [5, 5.41) is 3.57. The van der Waals surface area contributed by atoms with Crippen LogP contribution in [0.3, 0.4) is 0 Å². The van der Waals surface area contributed by atoms with Gasteiger partial charge in [0.1, 0.15) is 11.5 Å².